The van der Waals surface area contributed by atoms with Crippen molar-refractivity contribution >= 4 is 5.97 Å². The number of nitrogens with zero attached hydrogens (tertiary/aromatic N) is 1. The topological polar surface area (TPSA) is 40.5 Å². The van der Waals surface area contributed by atoms with Crippen molar-refractivity contribution in [2.24, 2.45) is 5.92 Å². The van der Waals surface area contributed by atoms with Crippen molar-refractivity contribution in [1.82, 2.24) is 4.90 Å². The van der Waals surface area contributed by atoms with Crippen LogP contribution in [-0.2, 0) is 4.79 Å². The Kier molecular flexibility index (Phi) is 2.49. The minimum atomic E-state index is -0.649. The third kappa shape index (κ3) is 1.93. The second-order valence-electron chi connectivity index (χ2n) is 3.40. The molecule has 0 spiro atoms. The van der Waals surface area contributed by atoms with Gasteiger partial charge in [0.05, 0.1) is 5.92 Å². The predicted octanol–water partition coefficient (Wildman–Crippen LogP) is 0.801. The summed E-state index contributed by atoms with van der Waals surface area (Å²) < 4.78 is 0. The fourth-order valence-corrected chi connectivity index (χ4v) is 1.48. The maximum Gasteiger partial charge on any atom is 0.307 e. The van der Waals surface area contributed by atoms with E-state index in [0.717, 1.165) is 12.8 Å². The van der Waals surface area contributed by atoms with Crippen LogP contribution in [0.1, 0.15) is 19.8 Å². The molecular weight excluding hydrogens is 142 g/mol. The van der Waals surface area contributed by atoms with E-state index in [4.69, 9.17) is 5.11 Å². The van der Waals surface area contributed by atoms with Crippen molar-refractivity contribution in [3.63, 3.8) is 0 Å². The highest BCUT2D eigenvalue weighted by Gasteiger charge is 2.26. The molecule has 11 heavy (non-hydrogen) atoms. The third-order valence-corrected chi connectivity index (χ3v) is 2.54. The molecule has 1 fully saturated rings. The van der Waals surface area contributed by atoms with Gasteiger partial charge in [-0.3, -0.25) is 4.79 Å². The van der Waals surface area contributed by atoms with Gasteiger partial charge in [0, 0.05) is 12.6 Å². The largest absolute Gasteiger partial charge is 0.481 e. The molecule has 0 aliphatic carbocycles. The van der Waals surface area contributed by atoms with E-state index in [-0.39, 0.29) is 5.92 Å². The van der Waals surface area contributed by atoms with Gasteiger partial charge in [-0.05, 0) is 26.8 Å². The second-order valence-corrected chi connectivity index (χ2v) is 3.40. The molecule has 2 atom stereocenters. The summed E-state index contributed by atoms with van der Waals surface area (Å²) in [5, 5.41) is 8.72. The van der Waals surface area contributed by atoms with Gasteiger partial charge in [0.15, 0.2) is 0 Å². The molecule has 1 aliphatic heterocycles. The van der Waals surface area contributed by atoms with Gasteiger partial charge in [-0.15, -0.1) is 0 Å². The van der Waals surface area contributed by atoms with E-state index in [0.29, 0.717) is 12.6 Å². The lowest BCUT2D eigenvalue weighted by Gasteiger charge is -2.33. The molecule has 0 unspecified atom stereocenters. The SMILES string of the molecule is C[C@H]1CC[C@@H](C(=O)O)CN1C. The summed E-state index contributed by atoms with van der Waals surface area (Å²) in [5.74, 6) is -0.792. The normalized spacial score (nSPS) is 33.6. The summed E-state index contributed by atoms with van der Waals surface area (Å²) in [4.78, 5) is 12.7. The maximum atomic E-state index is 10.6. The Hall–Kier alpha value is -0.570. The van der Waals surface area contributed by atoms with Crippen LogP contribution in [0.5, 0.6) is 0 Å². The van der Waals surface area contributed by atoms with Gasteiger partial charge >= 0.3 is 5.97 Å². The van der Waals surface area contributed by atoms with E-state index in [2.05, 4.69) is 11.8 Å². The zero-order chi connectivity index (χ0) is 8.43. The second kappa shape index (κ2) is 3.22. The van der Waals surface area contributed by atoms with Gasteiger partial charge in [-0.25, -0.2) is 0 Å². The molecule has 0 aromatic carbocycles. The van der Waals surface area contributed by atoms with E-state index < -0.39 is 5.97 Å². The van der Waals surface area contributed by atoms with Gasteiger partial charge in [0.1, 0.15) is 0 Å². The number of likely N-dealkylation sites (tertiary alicyclic amines) is 1. The van der Waals surface area contributed by atoms with Crippen LogP contribution in [0.15, 0.2) is 0 Å². The van der Waals surface area contributed by atoms with Gasteiger partial charge < -0.3 is 10.0 Å². The van der Waals surface area contributed by atoms with Crippen LogP contribution in [0.4, 0.5) is 0 Å². The molecule has 64 valence electrons. The molecule has 0 amide bonds. The van der Waals surface area contributed by atoms with Gasteiger partial charge in [-0.2, -0.15) is 0 Å². The summed E-state index contributed by atoms with van der Waals surface area (Å²) in [7, 11) is 1.99. The molecule has 3 heteroatoms. The summed E-state index contributed by atoms with van der Waals surface area (Å²) >= 11 is 0. The number of carbonyl (C=O) groups is 1. The van der Waals surface area contributed by atoms with E-state index in [9.17, 15) is 4.79 Å². The number of rotatable bonds is 1. The zero-order valence-electron chi connectivity index (χ0n) is 7.08. The van der Waals surface area contributed by atoms with Crippen LogP contribution in [0.2, 0.25) is 0 Å². The van der Waals surface area contributed by atoms with Crippen molar-refractivity contribution in [1.29, 1.82) is 0 Å². The van der Waals surface area contributed by atoms with Gasteiger partial charge in [0.25, 0.3) is 0 Å². The molecule has 1 aliphatic rings. The Labute approximate surface area is 67.0 Å². The van der Waals surface area contributed by atoms with Crippen molar-refractivity contribution < 1.29 is 9.90 Å². The smallest absolute Gasteiger partial charge is 0.307 e. The molecular formula is C8H15NO2. The summed E-state index contributed by atoms with van der Waals surface area (Å²) in [6.45, 7) is 2.84. The molecule has 0 aromatic rings. The standard InChI is InChI=1S/C8H15NO2/c1-6-3-4-7(8(10)11)5-9(6)2/h6-7H,3-5H2,1-2H3,(H,10,11)/t6-,7+/m0/s1. The van der Waals surface area contributed by atoms with E-state index in [1.54, 1.807) is 0 Å². The molecule has 1 saturated heterocycles. The Morgan fingerprint density at radius 2 is 2.18 bits per heavy atom. The first-order valence-corrected chi connectivity index (χ1v) is 4.04. The summed E-state index contributed by atoms with van der Waals surface area (Å²) in [6.07, 6.45) is 1.84. The predicted molar refractivity (Wildman–Crippen MR) is 42.5 cm³/mol. The lowest BCUT2D eigenvalue weighted by Crippen LogP contribution is -2.41. The minimum absolute atomic E-state index is 0.142. The van der Waals surface area contributed by atoms with Crippen molar-refractivity contribution in [3.8, 4) is 0 Å². The molecule has 1 N–H and O–H groups in total. The average Bonchev–Trinajstić information content (AvgIpc) is 1.94. The molecule has 0 aromatic heterocycles. The fourth-order valence-electron chi connectivity index (χ4n) is 1.48. The number of carboxylic acids is 1. The Balaban J connectivity index is 2.46. The highest BCUT2D eigenvalue weighted by atomic mass is 16.4. The molecule has 1 rings (SSSR count). The Morgan fingerprint density at radius 1 is 1.55 bits per heavy atom. The molecule has 0 radical (unpaired) electrons. The number of aliphatic carboxylic acids is 1. The van der Waals surface area contributed by atoms with E-state index in [1.165, 1.54) is 0 Å². The summed E-state index contributed by atoms with van der Waals surface area (Å²) in [6, 6.07) is 0.547. The maximum absolute atomic E-state index is 10.6. The first kappa shape index (κ1) is 8.53. The number of piperidine rings is 1. The lowest BCUT2D eigenvalue weighted by molar-refractivity contribution is -0.143. The highest BCUT2D eigenvalue weighted by Crippen LogP contribution is 2.19. The molecule has 3 nitrogen and oxygen atoms in total. The minimum Gasteiger partial charge on any atom is -0.481 e. The van der Waals surface area contributed by atoms with Gasteiger partial charge in [-0.1, -0.05) is 0 Å². The van der Waals surface area contributed by atoms with E-state index in [1.807, 2.05) is 7.05 Å². The van der Waals surface area contributed by atoms with Crippen molar-refractivity contribution in [2.45, 2.75) is 25.8 Å². The van der Waals surface area contributed by atoms with Crippen LogP contribution in [-0.4, -0.2) is 35.6 Å². The Morgan fingerprint density at radius 3 is 2.64 bits per heavy atom. The van der Waals surface area contributed by atoms with Crippen molar-refractivity contribution in [2.75, 3.05) is 13.6 Å². The van der Waals surface area contributed by atoms with E-state index >= 15 is 0 Å². The first-order chi connectivity index (χ1) is 5.11. The number of hydrogen-bond acceptors (Lipinski definition) is 2. The number of hydrogen-bond donors (Lipinski definition) is 1. The van der Waals surface area contributed by atoms with Crippen LogP contribution >= 0.6 is 0 Å². The first-order valence-electron chi connectivity index (χ1n) is 4.04. The molecule has 0 bridgehead atoms. The van der Waals surface area contributed by atoms with Crippen LogP contribution in [0, 0.1) is 5.92 Å². The van der Waals surface area contributed by atoms with Crippen LogP contribution in [0.25, 0.3) is 0 Å². The Bertz CT molecular complexity index is 158. The number of carboxylic acid groups (broad SMARTS) is 1. The highest BCUT2D eigenvalue weighted by molar-refractivity contribution is 5.70. The molecule has 1 heterocycles. The fraction of sp³-hybridized carbons (Fsp3) is 0.875. The quantitative estimate of drug-likeness (QED) is 0.612. The third-order valence-electron chi connectivity index (χ3n) is 2.54. The molecule has 0 saturated carbocycles. The summed E-state index contributed by atoms with van der Waals surface area (Å²) in [5.41, 5.74) is 0. The lowest BCUT2D eigenvalue weighted by atomic mass is 9.94. The van der Waals surface area contributed by atoms with Crippen LogP contribution in [0.3, 0.4) is 0 Å². The van der Waals surface area contributed by atoms with Crippen LogP contribution < -0.4 is 0 Å². The monoisotopic (exact) mass is 157 g/mol. The van der Waals surface area contributed by atoms with Crippen molar-refractivity contribution in [3.05, 3.63) is 0 Å². The zero-order valence-corrected chi connectivity index (χ0v) is 7.08. The van der Waals surface area contributed by atoms with Gasteiger partial charge in [0.2, 0.25) is 0 Å². The average molecular weight is 157 g/mol.